The fraction of sp³-hybridized carbons (Fsp3) is 0.143. The number of pyridine rings is 1. The van der Waals surface area contributed by atoms with Crippen LogP contribution in [0, 0.1) is 6.92 Å². The SMILES string of the molecule is Cc1cc(Br)cnc1C(=O)NN. The number of aryl methyl sites for hydroxylation is 1. The molecule has 0 aliphatic rings. The maximum Gasteiger partial charge on any atom is 0.284 e. The van der Waals surface area contributed by atoms with Crippen LogP contribution < -0.4 is 11.3 Å². The number of aromatic nitrogens is 1. The third kappa shape index (κ3) is 1.80. The number of amides is 1. The van der Waals surface area contributed by atoms with Gasteiger partial charge in [-0.1, -0.05) is 0 Å². The number of hydrogen-bond acceptors (Lipinski definition) is 3. The van der Waals surface area contributed by atoms with E-state index in [1.165, 1.54) is 0 Å². The van der Waals surface area contributed by atoms with Crippen LogP contribution in [0.15, 0.2) is 16.7 Å². The Hall–Kier alpha value is -0.940. The Kier molecular flexibility index (Phi) is 2.78. The van der Waals surface area contributed by atoms with Gasteiger partial charge in [0.1, 0.15) is 5.69 Å². The van der Waals surface area contributed by atoms with Gasteiger partial charge in [0.15, 0.2) is 0 Å². The number of nitrogen functional groups attached to an aromatic ring is 1. The van der Waals surface area contributed by atoms with E-state index in [0.717, 1.165) is 10.0 Å². The van der Waals surface area contributed by atoms with Gasteiger partial charge in [-0.2, -0.15) is 0 Å². The molecule has 0 unspecified atom stereocenters. The highest BCUT2D eigenvalue weighted by molar-refractivity contribution is 9.10. The van der Waals surface area contributed by atoms with Crippen molar-refractivity contribution in [2.75, 3.05) is 0 Å². The third-order valence-corrected chi connectivity index (χ3v) is 1.82. The van der Waals surface area contributed by atoms with Gasteiger partial charge >= 0.3 is 0 Å². The minimum Gasteiger partial charge on any atom is -0.289 e. The van der Waals surface area contributed by atoms with Crippen molar-refractivity contribution in [3.05, 3.63) is 28.0 Å². The van der Waals surface area contributed by atoms with Gasteiger partial charge in [-0.3, -0.25) is 10.2 Å². The fourth-order valence-corrected chi connectivity index (χ4v) is 1.29. The molecule has 0 atom stereocenters. The van der Waals surface area contributed by atoms with Gasteiger partial charge in [-0.25, -0.2) is 10.8 Å². The number of halogens is 1. The van der Waals surface area contributed by atoms with Crippen molar-refractivity contribution in [1.82, 2.24) is 10.4 Å². The van der Waals surface area contributed by atoms with Crippen LogP contribution in [0.3, 0.4) is 0 Å². The van der Waals surface area contributed by atoms with Crippen LogP contribution in [0.5, 0.6) is 0 Å². The van der Waals surface area contributed by atoms with E-state index in [1.807, 2.05) is 5.43 Å². The minimum absolute atomic E-state index is 0.348. The summed E-state index contributed by atoms with van der Waals surface area (Å²) in [7, 11) is 0. The van der Waals surface area contributed by atoms with Gasteiger partial charge in [0.05, 0.1) is 0 Å². The molecule has 1 aromatic heterocycles. The quantitative estimate of drug-likeness (QED) is 0.425. The van der Waals surface area contributed by atoms with Gasteiger partial charge in [-0.15, -0.1) is 0 Å². The first kappa shape index (κ1) is 9.15. The third-order valence-electron chi connectivity index (χ3n) is 1.39. The Morgan fingerprint density at radius 3 is 2.92 bits per heavy atom. The Balaban J connectivity index is 3.09. The van der Waals surface area contributed by atoms with Crippen molar-refractivity contribution in [1.29, 1.82) is 0 Å². The Bertz CT molecular complexity index is 314. The highest BCUT2D eigenvalue weighted by Crippen LogP contribution is 2.12. The lowest BCUT2D eigenvalue weighted by molar-refractivity contribution is 0.0948. The summed E-state index contributed by atoms with van der Waals surface area (Å²) in [5, 5.41) is 0. The zero-order chi connectivity index (χ0) is 9.14. The monoisotopic (exact) mass is 229 g/mol. The molecule has 0 spiro atoms. The van der Waals surface area contributed by atoms with Gasteiger partial charge in [0.2, 0.25) is 0 Å². The predicted molar refractivity (Wildman–Crippen MR) is 48.3 cm³/mol. The molecule has 1 aromatic rings. The van der Waals surface area contributed by atoms with E-state index in [2.05, 4.69) is 20.9 Å². The number of hydrazine groups is 1. The number of carbonyl (C=O) groups is 1. The molecule has 0 fully saturated rings. The second-order valence-electron chi connectivity index (χ2n) is 2.29. The van der Waals surface area contributed by atoms with Crippen LogP contribution in [-0.2, 0) is 0 Å². The standard InChI is InChI=1S/C7H8BrN3O/c1-4-2-5(8)3-10-6(4)7(12)11-9/h2-3H,9H2,1H3,(H,11,12). The Morgan fingerprint density at radius 1 is 1.75 bits per heavy atom. The molecule has 0 aromatic carbocycles. The molecule has 0 saturated carbocycles. The Morgan fingerprint density at radius 2 is 2.42 bits per heavy atom. The molecular formula is C7H8BrN3O. The molecule has 1 amide bonds. The van der Waals surface area contributed by atoms with E-state index >= 15 is 0 Å². The second kappa shape index (κ2) is 3.64. The number of nitrogens with two attached hydrogens (primary N) is 1. The van der Waals surface area contributed by atoms with Crippen molar-refractivity contribution >= 4 is 21.8 Å². The van der Waals surface area contributed by atoms with E-state index in [9.17, 15) is 4.79 Å². The van der Waals surface area contributed by atoms with E-state index in [-0.39, 0.29) is 5.91 Å². The average Bonchev–Trinajstić information content (AvgIpc) is 2.03. The summed E-state index contributed by atoms with van der Waals surface area (Å²) in [6.45, 7) is 1.79. The molecule has 0 aliphatic heterocycles. The van der Waals surface area contributed by atoms with Crippen LogP contribution in [-0.4, -0.2) is 10.9 Å². The zero-order valence-corrected chi connectivity index (χ0v) is 8.05. The first-order chi connectivity index (χ1) is 5.65. The van der Waals surface area contributed by atoms with Crippen LogP contribution in [0.25, 0.3) is 0 Å². The molecule has 12 heavy (non-hydrogen) atoms. The van der Waals surface area contributed by atoms with Crippen molar-refractivity contribution in [3.8, 4) is 0 Å². The van der Waals surface area contributed by atoms with Gasteiger partial charge in [0.25, 0.3) is 5.91 Å². The molecule has 64 valence electrons. The molecule has 3 N–H and O–H groups in total. The molecule has 0 aliphatic carbocycles. The van der Waals surface area contributed by atoms with Crippen molar-refractivity contribution in [3.63, 3.8) is 0 Å². The molecule has 0 radical (unpaired) electrons. The Labute approximate surface area is 78.3 Å². The van der Waals surface area contributed by atoms with Gasteiger partial charge in [0, 0.05) is 10.7 Å². The lowest BCUT2D eigenvalue weighted by Gasteiger charge is -2.02. The molecular weight excluding hydrogens is 222 g/mol. The summed E-state index contributed by atoms with van der Waals surface area (Å²) in [5.41, 5.74) is 3.16. The van der Waals surface area contributed by atoms with Crippen molar-refractivity contribution < 1.29 is 4.79 Å². The number of nitrogens with zero attached hydrogens (tertiary/aromatic N) is 1. The van der Waals surface area contributed by atoms with E-state index in [1.54, 1.807) is 19.2 Å². The highest BCUT2D eigenvalue weighted by atomic mass is 79.9. The largest absolute Gasteiger partial charge is 0.289 e. The number of rotatable bonds is 1. The van der Waals surface area contributed by atoms with Crippen LogP contribution in [0.4, 0.5) is 0 Å². The summed E-state index contributed by atoms with van der Waals surface area (Å²) in [5.74, 6) is 4.58. The van der Waals surface area contributed by atoms with E-state index in [4.69, 9.17) is 5.84 Å². The molecule has 4 nitrogen and oxygen atoms in total. The maximum absolute atomic E-state index is 11.0. The molecule has 0 saturated heterocycles. The first-order valence-corrected chi connectivity index (χ1v) is 4.07. The van der Waals surface area contributed by atoms with E-state index < -0.39 is 0 Å². The molecule has 0 bridgehead atoms. The fourth-order valence-electron chi connectivity index (χ4n) is 0.847. The van der Waals surface area contributed by atoms with E-state index in [0.29, 0.717) is 5.69 Å². The van der Waals surface area contributed by atoms with Gasteiger partial charge < -0.3 is 0 Å². The predicted octanol–water partition coefficient (Wildman–Crippen LogP) is 0.756. The summed E-state index contributed by atoms with van der Waals surface area (Å²) in [6.07, 6.45) is 1.55. The first-order valence-electron chi connectivity index (χ1n) is 3.28. The zero-order valence-electron chi connectivity index (χ0n) is 6.47. The number of hydrogen-bond donors (Lipinski definition) is 2. The lowest BCUT2D eigenvalue weighted by Crippen LogP contribution is -2.31. The summed E-state index contributed by atoms with van der Waals surface area (Å²) >= 11 is 3.24. The maximum atomic E-state index is 11.0. The van der Waals surface area contributed by atoms with Crippen molar-refractivity contribution in [2.45, 2.75) is 6.92 Å². The van der Waals surface area contributed by atoms with Crippen LogP contribution in [0.2, 0.25) is 0 Å². The molecule has 5 heteroatoms. The number of carbonyl (C=O) groups excluding carboxylic acids is 1. The smallest absolute Gasteiger partial charge is 0.284 e. The normalized spacial score (nSPS) is 9.58. The summed E-state index contributed by atoms with van der Waals surface area (Å²) in [6, 6.07) is 1.80. The summed E-state index contributed by atoms with van der Waals surface area (Å²) < 4.78 is 0.841. The minimum atomic E-state index is -0.375. The highest BCUT2D eigenvalue weighted by Gasteiger charge is 2.08. The topological polar surface area (TPSA) is 68.0 Å². The second-order valence-corrected chi connectivity index (χ2v) is 3.21. The molecule has 1 heterocycles. The number of nitrogens with one attached hydrogen (secondary N) is 1. The summed E-state index contributed by atoms with van der Waals surface area (Å²) in [4.78, 5) is 14.9. The lowest BCUT2D eigenvalue weighted by atomic mass is 10.2. The van der Waals surface area contributed by atoms with Crippen molar-refractivity contribution in [2.24, 2.45) is 5.84 Å². The van der Waals surface area contributed by atoms with Gasteiger partial charge in [-0.05, 0) is 34.5 Å². The average molecular weight is 230 g/mol. The van der Waals surface area contributed by atoms with Crippen LogP contribution in [0.1, 0.15) is 16.1 Å². The molecule has 1 rings (SSSR count). The van der Waals surface area contributed by atoms with Crippen LogP contribution >= 0.6 is 15.9 Å².